The zero-order valence-corrected chi connectivity index (χ0v) is 21.2. The third kappa shape index (κ3) is 4.11. The number of hydrogen-bond acceptors (Lipinski definition) is 12. The van der Waals surface area contributed by atoms with Gasteiger partial charge in [-0.25, -0.2) is 0 Å². The number of ether oxygens (including phenoxy) is 3. The SMILES string of the molecule is COc1cccc2c1C(=O)c1c(O)c3c(c(O)c1C2=O)CC(O)(C(=O)CO)CC3O[C@H]1C[C@H](N)[C@H](O)[C@H](C)O1. The highest BCUT2D eigenvalue weighted by atomic mass is 16.7. The van der Waals surface area contributed by atoms with Crippen LogP contribution in [0.25, 0.3) is 0 Å². The molecule has 7 N–H and O–H groups in total. The number of hydrogen-bond donors (Lipinski definition) is 6. The van der Waals surface area contributed by atoms with Crippen LogP contribution < -0.4 is 10.5 Å². The van der Waals surface area contributed by atoms with Crippen molar-refractivity contribution < 1.29 is 54.1 Å². The van der Waals surface area contributed by atoms with Gasteiger partial charge in [0.2, 0.25) is 5.78 Å². The monoisotopic (exact) mass is 543 g/mol. The third-order valence-corrected chi connectivity index (χ3v) is 7.81. The van der Waals surface area contributed by atoms with E-state index in [1.165, 1.54) is 25.3 Å². The first kappa shape index (κ1) is 27.2. The molecule has 6 atom stereocenters. The van der Waals surface area contributed by atoms with Gasteiger partial charge in [-0.3, -0.25) is 14.4 Å². The number of ketones is 3. The predicted molar refractivity (Wildman–Crippen MR) is 132 cm³/mol. The van der Waals surface area contributed by atoms with Gasteiger partial charge in [0.25, 0.3) is 0 Å². The maximum absolute atomic E-state index is 13.6. The second kappa shape index (κ2) is 9.66. The summed E-state index contributed by atoms with van der Waals surface area (Å²) in [7, 11) is 1.32. The van der Waals surface area contributed by atoms with E-state index in [1.54, 1.807) is 6.92 Å². The van der Waals surface area contributed by atoms with Gasteiger partial charge >= 0.3 is 0 Å². The normalized spacial score (nSPS) is 29.8. The Morgan fingerprint density at radius 1 is 1.15 bits per heavy atom. The van der Waals surface area contributed by atoms with E-state index in [0.29, 0.717) is 0 Å². The lowest BCUT2D eigenvalue weighted by molar-refractivity contribution is -0.247. The molecule has 3 aliphatic rings. The second-order valence-electron chi connectivity index (χ2n) is 10.2. The third-order valence-electron chi connectivity index (χ3n) is 7.81. The van der Waals surface area contributed by atoms with Gasteiger partial charge in [0, 0.05) is 42.0 Å². The number of Topliss-reactive ketones (excluding diaryl/α,β-unsaturated/α-hetero) is 1. The van der Waals surface area contributed by atoms with E-state index in [2.05, 4.69) is 0 Å². The van der Waals surface area contributed by atoms with Crippen molar-refractivity contribution in [2.75, 3.05) is 13.7 Å². The van der Waals surface area contributed by atoms with Gasteiger partial charge in [-0.2, -0.15) is 0 Å². The minimum atomic E-state index is -2.24. The Morgan fingerprint density at radius 3 is 2.49 bits per heavy atom. The van der Waals surface area contributed by atoms with Gasteiger partial charge in [0.15, 0.2) is 17.9 Å². The van der Waals surface area contributed by atoms with Crippen molar-refractivity contribution in [3.63, 3.8) is 0 Å². The minimum absolute atomic E-state index is 0.0173. The molecule has 1 aliphatic heterocycles. The van der Waals surface area contributed by atoms with Crippen LogP contribution in [0, 0.1) is 0 Å². The molecule has 0 spiro atoms. The summed E-state index contributed by atoms with van der Waals surface area (Å²) in [4.78, 5) is 39.7. The second-order valence-corrected chi connectivity index (χ2v) is 10.2. The van der Waals surface area contributed by atoms with Crippen LogP contribution in [0.5, 0.6) is 17.2 Å². The van der Waals surface area contributed by atoms with Crippen molar-refractivity contribution in [1.29, 1.82) is 0 Å². The molecule has 5 rings (SSSR count). The molecule has 12 heteroatoms. The summed E-state index contributed by atoms with van der Waals surface area (Å²) >= 11 is 0. The van der Waals surface area contributed by atoms with Crippen LogP contribution in [-0.2, 0) is 20.7 Å². The largest absolute Gasteiger partial charge is 0.507 e. The van der Waals surface area contributed by atoms with Gasteiger partial charge in [0.05, 0.1) is 42.1 Å². The van der Waals surface area contributed by atoms with Gasteiger partial charge in [-0.1, -0.05) is 12.1 Å². The molecule has 208 valence electrons. The van der Waals surface area contributed by atoms with E-state index >= 15 is 0 Å². The van der Waals surface area contributed by atoms with Crippen LogP contribution in [0.3, 0.4) is 0 Å². The number of carbonyl (C=O) groups excluding carboxylic acids is 3. The van der Waals surface area contributed by atoms with E-state index in [0.717, 1.165) is 0 Å². The van der Waals surface area contributed by atoms with Crippen molar-refractivity contribution in [3.8, 4) is 17.2 Å². The van der Waals surface area contributed by atoms with Crippen molar-refractivity contribution in [3.05, 3.63) is 51.6 Å². The van der Waals surface area contributed by atoms with Crippen LogP contribution in [0.4, 0.5) is 0 Å². The summed E-state index contributed by atoms with van der Waals surface area (Å²) in [5.74, 6) is -3.77. The standard InChI is InChI=1S/C27H29NO11/c1-10-22(31)13(28)6-17(38-10)39-15-8-27(36,16(30)9-29)7-12-19(15)26(35)21-20(24(12)33)23(32)11-4-3-5-14(37-2)18(11)25(21)34/h3-5,10,13,15,17,22,29,31,33,35-36H,6-9,28H2,1-2H3/t10-,13-,15?,17-,22+,27?/m0/s1. The minimum Gasteiger partial charge on any atom is -0.507 e. The number of nitrogens with two attached hydrogens (primary N) is 1. The highest BCUT2D eigenvalue weighted by Crippen LogP contribution is 2.52. The van der Waals surface area contributed by atoms with Crippen LogP contribution in [-0.4, -0.2) is 86.7 Å². The smallest absolute Gasteiger partial charge is 0.202 e. The van der Waals surface area contributed by atoms with Crippen molar-refractivity contribution in [2.45, 2.75) is 62.4 Å². The Labute approximate surface area is 222 Å². The summed E-state index contributed by atoms with van der Waals surface area (Å²) in [6.07, 6.45) is -5.12. The first-order valence-electron chi connectivity index (χ1n) is 12.4. The number of carbonyl (C=O) groups is 3. The number of aromatic hydroxyl groups is 2. The quantitative estimate of drug-likeness (QED) is 0.235. The molecular formula is C27H29NO11. The Bertz CT molecular complexity index is 1380. The highest BCUT2D eigenvalue weighted by Gasteiger charge is 2.50. The summed E-state index contributed by atoms with van der Waals surface area (Å²) in [5.41, 5.74) is 2.37. The molecule has 0 saturated carbocycles. The van der Waals surface area contributed by atoms with E-state index in [9.17, 15) is 39.9 Å². The lowest BCUT2D eigenvalue weighted by Crippen LogP contribution is -2.53. The number of methoxy groups -OCH3 is 1. The number of aliphatic hydroxyl groups excluding tert-OH is 2. The van der Waals surface area contributed by atoms with E-state index < -0.39 is 95.7 Å². The molecule has 12 nitrogen and oxygen atoms in total. The van der Waals surface area contributed by atoms with Gasteiger partial charge < -0.3 is 45.5 Å². The van der Waals surface area contributed by atoms with Gasteiger partial charge in [-0.05, 0) is 13.0 Å². The van der Waals surface area contributed by atoms with E-state index in [4.69, 9.17) is 19.9 Å². The molecule has 1 fully saturated rings. The average molecular weight is 544 g/mol. The maximum Gasteiger partial charge on any atom is 0.202 e. The van der Waals surface area contributed by atoms with E-state index in [1.807, 2.05) is 0 Å². The van der Waals surface area contributed by atoms with E-state index in [-0.39, 0.29) is 34.4 Å². The fourth-order valence-corrected chi connectivity index (χ4v) is 5.75. The van der Waals surface area contributed by atoms with Crippen LogP contribution >= 0.6 is 0 Å². The number of fused-ring (bicyclic) bond motifs is 3. The van der Waals surface area contributed by atoms with Crippen molar-refractivity contribution in [2.24, 2.45) is 5.73 Å². The maximum atomic E-state index is 13.6. The van der Waals surface area contributed by atoms with Gasteiger partial charge in [0.1, 0.15) is 29.5 Å². The van der Waals surface area contributed by atoms with Gasteiger partial charge in [-0.15, -0.1) is 0 Å². The highest BCUT2D eigenvalue weighted by molar-refractivity contribution is 6.31. The lowest BCUT2D eigenvalue weighted by Gasteiger charge is -2.42. The molecule has 0 radical (unpaired) electrons. The van der Waals surface area contributed by atoms with Crippen LogP contribution in [0.1, 0.15) is 68.8 Å². The zero-order valence-electron chi connectivity index (χ0n) is 21.2. The molecule has 0 amide bonds. The number of phenols is 2. The predicted octanol–water partition coefficient (Wildman–Crippen LogP) is 0.00130. The molecule has 2 aromatic carbocycles. The molecule has 39 heavy (non-hydrogen) atoms. The first-order valence-corrected chi connectivity index (χ1v) is 12.4. The fraction of sp³-hybridized carbons (Fsp3) is 0.444. The number of aliphatic hydroxyl groups is 3. The Morgan fingerprint density at radius 2 is 1.85 bits per heavy atom. The fourth-order valence-electron chi connectivity index (χ4n) is 5.75. The van der Waals surface area contributed by atoms with Crippen LogP contribution in [0.2, 0.25) is 0 Å². The summed E-state index contributed by atoms with van der Waals surface area (Å²) in [6.45, 7) is 0.560. The molecule has 2 aliphatic carbocycles. The Balaban J connectivity index is 1.69. The number of phenolic OH excluding ortho intramolecular Hbond substituents is 2. The summed E-state index contributed by atoms with van der Waals surface area (Å²) in [5, 5.41) is 53.7. The Hall–Kier alpha value is -3.39. The van der Waals surface area contributed by atoms with Crippen molar-refractivity contribution in [1.82, 2.24) is 0 Å². The summed E-state index contributed by atoms with van der Waals surface area (Å²) in [6, 6.07) is 3.64. The van der Waals surface area contributed by atoms with Crippen molar-refractivity contribution >= 4 is 17.3 Å². The molecule has 0 bridgehead atoms. The lowest BCUT2D eigenvalue weighted by atomic mass is 9.72. The molecule has 2 unspecified atom stereocenters. The molecule has 2 aromatic rings. The molecular weight excluding hydrogens is 514 g/mol. The Kier molecular flexibility index (Phi) is 6.74. The average Bonchev–Trinajstić information content (AvgIpc) is 2.90. The molecule has 1 heterocycles. The zero-order chi connectivity index (χ0) is 28.4. The summed E-state index contributed by atoms with van der Waals surface area (Å²) < 4.78 is 17.0. The number of benzene rings is 2. The number of rotatable bonds is 5. The van der Waals surface area contributed by atoms with Crippen LogP contribution in [0.15, 0.2) is 18.2 Å². The molecule has 1 saturated heterocycles. The topological polar surface area (TPSA) is 206 Å². The first-order chi connectivity index (χ1) is 18.4. The molecule has 0 aromatic heterocycles.